The molecule has 0 unspecified atom stereocenters. The Morgan fingerprint density at radius 2 is 2.29 bits per heavy atom. The first-order valence-corrected chi connectivity index (χ1v) is 4.66. The van der Waals surface area contributed by atoms with Crippen LogP contribution in [0.15, 0.2) is 24.3 Å². The number of hydrogen-bond donors (Lipinski definition) is 2. The van der Waals surface area contributed by atoms with Crippen LogP contribution in [0.25, 0.3) is 0 Å². The van der Waals surface area contributed by atoms with Gasteiger partial charge in [0.2, 0.25) is 0 Å². The van der Waals surface area contributed by atoms with Gasteiger partial charge in [-0.1, -0.05) is 18.1 Å². The minimum absolute atomic E-state index is 0.211. The van der Waals surface area contributed by atoms with Gasteiger partial charge in [-0.3, -0.25) is 5.32 Å². The van der Waals surface area contributed by atoms with Gasteiger partial charge in [0.25, 0.3) is 0 Å². The number of hydrogen-bond acceptors (Lipinski definition) is 2. The van der Waals surface area contributed by atoms with Gasteiger partial charge in [0.05, 0.1) is 6.54 Å². The molecular formula is C12H15NO. The largest absolute Gasteiger partial charge is 0.508 e. The molecule has 1 aromatic rings. The van der Waals surface area contributed by atoms with Crippen molar-refractivity contribution in [2.45, 2.75) is 19.9 Å². The van der Waals surface area contributed by atoms with Crippen molar-refractivity contribution < 1.29 is 5.11 Å². The van der Waals surface area contributed by atoms with E-state index in [9.17, 15) is 5.11 Å². The van der Waals surface area contributed by atoms with E-state index in [1.807, 2.05) is 26.0 Å². The maximum atomic E-state index is 9.28. The van der Waals surface area contributed by atoms with Crippen molar-refractivity contribution in [1.82, 2.24) is 5.32 Å². The quantitative estimate of drug-likeness (QED) is 0.713. The first kappa shape index (κ1) is 10.6. The van der Waals surface area contributed by atoms with Crippen molar-refractivity contribution in [3.05, 3.63) is 29.8 Å². The van der Waals surface area contributed by atoms with Crippen LogP contribution in [-0.4, -0.2) is 11.7 Å². The number of aromatic hydroxyl groups is 1. The summed E-state index contributed by atoms with van der Waals surface area (Å²) in [6, 6.07) is 7.47. The van der Waals surface area contributed by atoms with Crippen LogP contribution in [-0.2, 0) is 0 Å². The highest BCUT2D eigenvalue weighted by Crippen LogP contribution is 2.17. The minimum atomic E-state index is 0.211. The van der Waals surface area contributed by atoms with E-state index in [-0.39, 0.29) is 6.04 Å². The first-order chi connectivity index (χ1) is 6.74. The van der Waals surface area contributed by atoms with Gasteiger partial charge in [-0.25, -0.2) is 0 Å². The molecule has 2 N–H and O–H groups in total. The summed E-state index contributed by atoms with van der Waals surface area (Å²) in [5.41, 5.74) is 1.07. The number of nitrogens with one attached hydrogen (secondary N) is 1. The molecule has 14 heavy (non-hydrogen) atoms. The van der Waals surface area contributed by atoms with E-state index in [1.54, 1.807) is 12.1 Å². The Morgan fingerprint density at radius 1 is 1.50 bits per heavy atom. The van der Waals surface area contributed by atoms with Crippen LogP contribution in [0, 0.1) is 11.8 Å². The molecule has 0 heterocycles. The van der Waals surface area contributed by atoms with Crippen molar-refractivity contribution in [1.29, 1.82) is 0 Å². The zero-order valence-electron chi connectivity index (χ0n) is 8.54. The van der Waals surface area contributed by atoms with Gasteiger partial charge in [-0.15, -0.1) is 5.92 Å². The molecule has 0 fully saturated rings. The van der Waals surface area contributed by atoms with Crippen LogP contribution in [0.1, 0.15) is 25.5 Å². The van der Waals surface area contributed by atoms with E-state index in [0.29, 0.717) is 12.3 Å². The highest BCUT2D eigenvalue weighted by molar-refractivity contribution is 5.29. The second-order valence-corrected chi connectivity index (χ2v) is 3.12. The van der Waals surface area contributed by atoms with Gasteiger partial charge < -0.3 is 5.11 Å². The first-order valence-electron chi connectivity index (χ1n) is 4.66. The predicted octanol–water partition coefficient (Wildman–Crippen LogP) is 2.07. The highest BCUT2D eigenvalue weighted by Gasteiger charge is 2.03. The summed E-state index contributed by atoms with van der Waals surface area (Å²) >= 11 is 0. The van der Waals surface area contributed by atoms with E-state index in [4.69, 9.17) is 0 Å². The highest BCUT2D eigenvalue weighted by atomic mass is 16.3. The Balaban J connectivity index is 2.58. The number of benzene rings is 1. The minimum Gasteiger partial charge on any atom is -0.508 e. The maximum absolute atomic E-state index is 9.28. The Morgan fingerprint density at radius 3 is 2.93 bits per heavy atom. The summed E-state index contributed by atoms with van der Waals surface area (Å²) in [6.07, 6.45) is 0. The van der Waals surface area contributed by atoms with Crippen molar-refractivity contribution in [2.24, 2.45) is 0 Å². The molecule has 0 aliphatic rings. The Hall–Kier alpha value is -1.46. The van der Waals surface area contributed by atoms with Crippen molar-refractivity contribution in [3.63, 3.8) is 0 Å². The molecule has 1 atom stereocenters. The van der Waals surface area contributed by atoms with Gasteiger partial charge in [0.1, 0.15) is 5.75 Å². The van der Waals surface area contributed by atoms with Crippen molar-refractivity contribution >= 4 is 0 Å². The molecule has 0 aliphatic heterocycles. The summed E-state index contributed by atoms with van der Waals surface area (Å²) in [4.78, 5) is 0. The van der Waals surface area contributed by atoms with Crippen LogP contribution in [0.5, 0.6) is 5.75 Å². The summed E-state index contributed by atoms with van der Waals surface area (Å²) < 4.78 is 0. The summed E-state index contributed by atoms with van der Waals surface area (Å²) in [7, 11) is 0. The van der Waals surface area contributed by atoms with E-state index < -0.39 is 0 Å². The van der Waals surface area contributed by atoms with Gasteiger partial charge in [-0.05, 0) is 31.5 Å². The molecular weight excluding hydrogens is 174 g/mol. The second-order valence-electron chi connectivity index (χ2n) is 3.12. The molecule has 0 saturated carbocycles. The van der Waals surface area contributed by atoms with Crippen LogP contribution < -0.4 is 5.32 Å². The van der Waals surface area contributed by atoms with Gasteiger partial charge in [0, 0.05) is 6.04 Å². The lowest BCUT2D eigenvalue weighted by Crippen LogP contribution is -2.18. The molecule has 0 aliphatic carbocycles. The van der Waals surface area contributed by atoms with Crippen LogP contribution >= 0.6 is 0 Å². The number of rotatable bonds is 3. The molecule has 1 rings (SSSR count). The Labute approximate surface area is 85.0 Å². The maximum Gasteiger partial charge on any atom is 0.115 e. The number of phenols is 1. The SMILES string of the molecule is CC#CCN[C@@H](C)c1cccc(O)c1. The molecule has 0 spiro atoms. The number of phenolic OH excluding ortho intramolecular Hbond substituents is 1. The summed E-state index contributed by atoms with van der Waals surface area (Å²) in [5, 5.41) is 12.5. The molecule has 0 amide bonds. The third-order valence-electron chi connectivity index (χ3n) is 2.04. The van der Waals surface area contributed by atoms with Crippen LogP contribution in [0.3, 0.4) is 0 Å². The predicted molar refractivity (Wildman–Crippen MR) is 58.0 cm³/mol. The molecule has 1 aromatic carbocycles. The monoisotopic (exact) mass is 189 g/mol. The van der Waals surface area contributed by atoms with Gasteiger partial charge in [-0.2, -0.15) is 0 Å². The lowest BCUT2D eigenvalue weighted by atomic mass is 10.1. The molecule has 2 nitrogen and oxygen atoms in total. The summed E-state index contributed by atoms with van der Waals surface area (Å²) in [5.74, 6) is 6.07. The zero-order chi connectivity index (χ0) is 10.4. The van der Waals surface area contributed by atoms with E-state index in [2.05, 4.69) is 17.2 Å². The van der Waals surface area contributed by atoms with Crippen molar-refractivity contribution in [2.75, 3.05) is 6.54 Å². The molecule has 74 valence electrons. The van der Waals surface area contributed by atoms with E-state index in [0.717, 1.165) is 5.56 Å². The fraction of sp³-hybridized carbons (Fsp3) is 0.333. The van der Waals surface area contributed by atoms with Crippen molar-refractivity contribution in [3.8, 4) is 17.6 Å². The normalized spacial score (nSPS) is 11.6. The van der Waals surface area contributed by atoms with Gasteiger partial charge >= 0.3 is 0 Å². The average Bonchev–Trinajstić information content (AvgIpc) is 2.18. The fourth-order valence-electron chi connectivity index (χ4n) is 1.20. The molecule has 0 bridgehead atoms. The standard InChI is InChI=1S/C12H15NO/c1-3-4-8-13-10(2)11-6-5-7-12(14)9-11/h5-7,9-10,13-14H,8H2,1-2H3/t10-/m0/s1. The smallest absolute Gasteiger partial charge is 0.115 e. The Bertz CT molecular complexity index is 349. The van der Waals surface area contributed by atoms with Crippen LogP contribution in [0.2, 0.25) is 0 Å². The van der Waals surface area contributed by atoms with E-state index >= 15 is 0 Å². The summed E-state index contributed by atoms with van der Waals surface area (Å²) in [6.45, 7) is 4.54. The fourth-order valence-corrected chi connectivity index (χ4v) is 1.20. The molecule has 0 saturated heterocycles. The Kier molecular flexibility index (Phi) is 4.03. The molecule has 0 aromatic heterocycles. The molecule has 2 heteroatoms. The third kappa shape index (κ3) is 3.12. The van der Waals surface area contributed by atoms with Crippen LogP contribution in [0.4, 0.5) is 0 Å². The zero-order valence-corrected chi connectivity index (χ0v) is 8.54. The average molecular weight is 189 g/mol. The topological polar surface area (TPSA) is 32.3 Å². The second kappa shape index (κ2) is 5.31. The molecule has 0 radical (unpaired) electrons. The van der Waals surface area contributed by atoms with E-state index in [1.165, 1.54) is 0 Å². The lowest BCUT2D eigenvalue weighted by Gasteiger charge is -2.11. The lowest BCUT2D eigenvalue weighted by molar-refractivity contribution is 0.473. The van der Waals surface area contributed by atoms with Gasteiger partial charge in [0.15, 0.2) is 0 Å². The third-order valence-corrected chi connectivity index (χ3v) is 2.04.